The second-order valence-corrected chi connectivity index (χ2v) is 24.6. The van der Waals surface area contributed by atoms with Crippen molar-refractivity contribution in [3.05, 3.63) is 77.9 Å². The van der Waals surface area contributed by atoms with Crippen LogP contribution in [0.5, 0.6) is 28.7 Å². The molecule has 0 aromatic heterocycles. The Morgan fingerprint density at radius 1 is 0.323 bits per heavy atom. The van der Waals surface area contributed by atoms with Gasteiger partial charge in [0, 0.05) is 18.9 Å². The molecule has 3 aromatic rings. The zero-order chi connectivity index (χ0) is 74.9. The number of hydrogen-bond donors (Lipinski definition) is 0. The van der Waals surface area contributed by atoms with E-state index >= 15 is 0 Å². The summed E-state index contributed by atoms with van der Waals surface area (Å²) in [6.07, 6.45) is -18.1. The number of hydrogen-bond acceptors (Lipinski definition) is 8. The fourth-order valence-corrected chi connectivity index (χ4v) is 12.0. The minimum Gasteiger partial charge on any atom is -0.494 e. The molecule has 3 aromatic carbocycles. The van der Waals surface area contributed by atoms with Crippen LogP contribution < -0.4 is 23.7 Å². The number of alkyl halides is 30. The Hall–Kier alpha value is -6.43. The molecule has 0 aliphatic heterocycles. The molecule has 0 unspecified atom stereocenters. The third-order valence-corrected chi connectivity index (χ3v) is 17.3. The monoisotopic (exact) mass is 1490 g/mol. The van der Waals surface area contributed by atoms with E-state index in [1.165, 1.54) is 60.7 Å². The lowest BCUT2D eigenvalue weighted by molar-refractivity contribution is -0.452. The van der Waals surface area contributed by atoms with Gasteiger partial charge < -0.3 is 23.7 Å². The largest absolute Gasteiger partial charge is 0.494 e. The van der Waals surface area contributed by atoms with E-state index in [9.17, 15) is 146 Å². The predicted molar refractivity (Wildman–Crippen MR) is 283 cm³/mol. The summed E-state index contributed by atoms with van der Waals surface area (Å²) < 4.78 is 433. The summed E-state index contributed by atoms with van der Waals surface area (Å²) in [6, 6.07) is 13.9. The highest BCUT2D eigenvalue weighted by Gasteiger charge is 2.95. The highest BCUT2D eigenvalue weighted by Crippen LogP contribution is 2.66. The number of halogens is 30. The molecule has 0 atom stereocenters. The van der Waals surface area contributed by atoms with Crippen LogP contribution in [0, 0.1) is 23.2 Å². The third-order valence-electron chi connectivity index (χ3n) is 17.3. The number of unbranched alkanes of at least 4 members (excludes halogenated alkanes) is 10. The van der Waals surface area contributed by atoms with E-state index in [0.717, 1.165) is 25.3 Å². The summed E-state index contributed by atoms with van der Waals surface area (Å²) in [7, 11) is 0. The molecule has 38 heteroatoms. The van der Waals surface area contributed by atoms with Gasteiger partial charge in [0.2, 0.25) is 0 Å². The summed E-state index contributed by atoms with van der Waals surface area (Å²) in [6.45, 7) is -0.0882. The van der Waals surface area contributed by atoms with Crippen molar-refractivity contribution in [1.82, 2.24) is 0 Å². The maximum atomic E-state index is 14.2. The van der Waals surface area contributed by atoms with E-state index in [-0.39, 0.29) is 122 Å². The molecule has 7 rings (SSSR count). The second kappa shape index (κ2) is 29.1. The second-order valence-electron chi connectivity index (χ2n) is 24.6. The molecule has 0 heterocycles. The van der Waals surface area contributed by atoms with Gasteiger partial charge in [0.15, 0.2) is 11.5 Å². The molecule has 560 valence electrons. The standard InChI is InChI=1S/C61H58F30O8/c62-48(63,50(66,67)52(70,71)54(74,75)56(78,79)58(82,83)60(86,87)88)23-9-5-1-3-7-11-25-95-39-17-13-37(14-18-39)44(92)97-41-21-22-42(43(30-41)99-46(94)47-31-34-27-35(32-47)29-36(28-34)33-47)98-45(93)38-15-19-40(20-16-38)96-26-12-8-4-2-6-10-24-49(64,65)51(68,69)53(72,73)55(76,77)57(80,81)59(84,85)61(89,90)91/h13-22,30,34-36H,1-12,23-29,31-33H2. The van der Waals surface area contributed by atoms with Gasteiger partial charge >= 0.3 is 101 Å². The summed E-state index contributed by atoms with van der Waals surface area (Å²) in [5.41, 5.74) is -0.977. The van der Waals surface area contributed by atoms with Crippen LogP contribution in [0.4, 0.5) is 132 Å². The Balaban J connectivity index is 0.956. The van der Waals surface area contributed by atoms with E-state index in [1.54, 1.807) is 0 Å². The van der Waals surface area contributed by atoms with Crippen LogP contribution in [0.1, 0.15) is 149 Å². The first-order valence-corrected chi connectivity index (χ1v) is 30.1. The lowest BCUT2D eigenvalue weighted by Gasteiger charge is -2.55. The van der Waals surface area contributed by atoms with Gasteiger partial charge in [-0.25, -0.2) is 9.59 Å². The first-order valence-electron chi connectivity index (χ1n) is 30.1. The third kappa shape index (κ3) is 16.1. The van der Waals surface area contributed by atoms with Crippen LogP contribution in [0.2, 0.25) is 0 Å². The average Bonchev–Trinajstić information content (AvgIpc) is 0.705. The Bertz CT molecular complexity index is 3200. The molecule has 8 nitrogen and oxygen atoms in total. The topological polar surface area (TPSA) is 97.4 Å². The van der Waals surface area contributed by atoms with Crippen molar-refractivity contribution < 1.29 is 170 Å². The fraction of sp³-hybridized carbons (Fsp3) is 0.656. The first-order chi connectivity index (χ1) is 45.1. The van der Waals surface area contributed by atoms with E-state index in [0.29, 0.717) is 19.3 Å². The zero-order valence-electron chi connectivity index (χ0n) is 50.7. The van der Waals surface area contributed by atoms with Crippen LogP contribution in [-0.2, 0) is 4.79 Å². The normalized spacial score (nSPS) is 19.5. The van der Waals surface area contributed by atoms with Crippen LogP contribution in [-0.4, -0.2) is 115 Å². The molecule has 4 saturated carbocycles. The van der Waals surface area contributed by atoms with E-state index < -0.39 is 145 Å². The Morgan fingerprint density at radius 3 is 0.960 bits per heavy atom. The Morgan fingerprint density at radius 2 is 0.616 bits per heavy atom. The highest BCUT2D eigenvalue weighted by molar-refractivity contribution is 5.93. The molecule has 4 fully saturated rings. The smallest absolute Gasteiger partial charge is 0.460 e. The van der Waals surface area contributed by atoms with Crippen molar-refractivity contribution in [3.8, 4) is 28.7 Å². The van der Waals surface area contributed by atoms with Gasteiger partial charge in [0.1, 0.15) is 17.2 Å². The molecule has 4 bridgehead atoms. The summed E-state index contributed by atoms with van der Waals surface area (Å²) in [5, 5.41) is 0. The van der Waals surface area contributed by atoms with Crippen LogP contribution in [0.3, 0.4) is 0 Å². The van der Waals surface area contributed by atoms with E-state index in [4.69, 9.17) is 23.7 Å². The molecule has 4 aliphatic carbocycles. The van der Waals surface area contributed by atoms with Crippen molar-refractivity contribution in [1.29, 1.82) is 0 Å². The van der Waals surface area contributed by atoms with Crippen molar-refractivity contribution in [2.45, 2.75) is 212 Å². The van der Waals surface area contributed by atoms with Crippen molar-refractivity contribution >= 4 is 17.9 Å². The van der Waals surface area contributed by atoms with Crippen molar-refractivity contribution in [2.75, 3.05) is 13.2 Å². The molecule has 99 heavy (non-hydrogen) atoms. The maximum absolute atomic E-state index is 14.2. The number of ether oxygens (including phenoxy) is 5. The van der Waals surface area contributed by atoms with E-state index in [2.05, 4.69) is 0 Å². The van der Waals surface area contributed by atoms with Gasteiger partial charge in [-0.3, -0.25) is 4.79 Å². The minimum absolute atomic E-state index is 0.0410. The van der Waals surface area contributed by atoms with Gasteiger partial charge in [0.05, 0.1) is 29.8 Å². The van der Waals surface area contributed by atoms with Gasteiger partial charge in [-0.05, 0) is 143 Å². The van der Waals surface area contributed by atoms with Gasteiger partial charge in [-0.15, -0.1) is 0 Å². The van der Waals surface area contributed by atoms with E-state index in [1.807, 2.05) is 0 Å². The molecule has 0 N–H and O–H groups in total. The SMILES string of the molecule is O=C(Oc1ccc(OC(=O)c2ccc(OCCCCCCCCC(F)(F)C(F)(F)C(F)(F)C(F)(F)C(F)(F)C(F)(F)C(F)(F)F)cc2)c(OC(=O)C23CC4CC(CC(C4)C2)C3)c1)c1ccc(OCCCCCCCCC(F)(F)C(F)(F)C(F)(F)C(F)(F)C(F)(F)C(F)(F)C(F)(F)F)cc1. The predicted octanol–water partition coefficient (Wildman–Crippen LogP) is 21.2. The number of esters is 3. The van der Waals surface area contributed by atoms with Gasteiger partial charge in [-0.1, -0.05) is 51.4 Å². The van der Waals surface area contributed by atoms with Crippen molar-refractivity contribution in [2.24, 2.45) is 23.2 Å². The molecule has 0 amide bonds. The van der Waals surface area contributed by atoms with Crippen LogP contribution in [0.25, 0.3) is 0 Å². The first kappa shape index (κ1) is 81.5. The number of rotatable bonds is 36. The Labute approximate surface area is 541 Å². The zero-order valence-corrected chi connectivity index (χ0v) is 50.7. The van der Waals surface area contributed by atoms with Crippen LogP contribution in [0.15, 0.2) is 66.7 Å². The fourth-order valence-electron chi connectivity index (χ4n) is 12.0. The molecule has 4 aliphatic rings. The van der Waals surface area contributed by atoms with Crippen LogP contribution >= 0.6 is 0 Å². The van der Waals surface area contributed by atoms with Gasteiger partial charge in [-0.2, -0.15) is 132 Å². The average molecular weight is 1490 g/mol. The van der Waals surface area contributed by atoms with Gasteiger partial charge in [0.25, 0.3) is 0 Å². The Kier molecular flexibility index (Phi) is 24.0. The molecular weight excluding hydrogens is 1430 g/mol. The summed E-state index contributed by atoms with van der Waals surface area (Å²) in [4.78, 5) is 41.0. The molecule has 0 spiro atoms. The maximum Gasteiger partial charge on any atom is 0.460 e. The molecule has 0 radical (unpaired) electrons. The summed E-state index contributed by atoms with van der Waals surface area (Å²) >= 11 is 0. The number of carbonyl (C=O) groups excluding carboxylic acids is 3. The number of carbonyl (C=O) groups is 3. The minimum atomic E-state index is -8.35. The number of benzene rings is 3. The lowest BCUT2D eigenvalue weighted by Crippen LogP contribution is -2.72. The molecule has 0 saturated heterocycles. The quantitative estimate of drug-likeness (QED) is 0.0246. The van der Waals surface area contributed by atoms with Crippen molar-refractivity contribution in [3.63, 3.8) is 0 Å². The lowest BCUT2D eigenvalue weighted by atomic mass is 9.49. The molecular formula is C61H58F30O8. The summed E-state index contributed by atoms with van der Waals surface area (Å²) in [5.74, 6) is -95.6. The highest BCUT2D eigenvalue weighted by atomic mass is 19.4.